The van der Waals surface area contributed by atoms with Crippen LogP contribution >= 0.6 is 0 Å². The number of ether oxygens (including phenoxy) is 2. The summed E-state index contributed by atoms with van der Waals surface area (Å²) in [5.41, 5.74) is 3.48. The maximum Gasteiger partial charge on any atom is 0.222 e. The van der Waals surface area contributed by atoms with Crippen LogP contribution in [0.4, 0.5) is 0 Å². The molecule has 1 amide bonds. The highest BCUT2D eigenvalue weighted by atomic mass is 16.5. The van der Waals surface area contributed by atoms with Gasteiger partial charge in [0.1, 0.15) is 12.4 Å². The number of carbonyl (C=O) groups excluding carboxylic acids is 1. The number of rotatable bonds is 7. The van der Waals surface area contributed by atoms with Crippen LogP contribution in [0.15, 0.2) is 54.6 Å². The van der Waals surface area contributed by atoms with E-state index in [9.17, 15) is 4.79 Å². The number of aromatic amines is 1. The number of aromatic nitrogens is 2. The number of hydrogen-bond acceptors (Lipinski definition) is 5. The van der Waals surface area contributed by atoms with Crippen molar-refractivity contribution in [1.29, 1.82) is 5.41 Å². The summed E-state index contributed by atoms with van der Waals surface area (Å²) >= 11 is 0. The molecule has 0 atom stereocenters. The fraction of sp³-hybridized carbons (Fsp3) is 0.269. The van der Waals surface area contributed by atoms with E-state index in [0.29, 0.717) is 26.2 Å². The topological polar surface area (TPSA) is 91.3 Å². The first-order valence-corrected chi connectivity index (χ1v) is 11.3. The third kappa shape index (κ3) is 4.26. The van der Waals surface area contributed by atoms with Crippen molar-refractivity contribution < 1.29 is 14.3 Å². The largest absolute Gasteiger partial charge is 0.492 e. The van der Waals surface area contributed by atoms with Gasteiger partial charge in [0.05, 0.1) is 24.4 Å². The first kappa shape index (κ1) is 21.0. The fourth-order valence-electron chi connectivity index (χ4n) is 4.28. The number of nitrogens with zero attached hydrogens (tertiary/aromatic N) is 2. The molecule has 0 saturated carbocycles. The van der Waals surface area contributed by atoms with Gasteiger partial charge in [-0.1, -0.05) is 18.2 Å². The van der Waals surface area contributed by atoms with Crippen molar-refractivity contribution in [2.24, 2.45) is 0 Å². The average Bonchev–Trinajstić information content (AvgIpc) is 3.44. The summed E-state index contributed by atoms with van der Waals surface area (Å²) in [5, 5.41) is 18.8. The summed E-state index contributed by atoms with van der Waals surface area (Å²) in [6.45, 7) is 4.29. The molecule has 2 heterocycles. The summed E-state index contributed by atoms with van der Waals surface area (Å²) in [6.07, 6.45) is 1.60. The summed E-state index contributed by atoms with van der Waals surface area (Å²) in [4.78, 5) is 13.6. The Kier molecular flexibility index (Phi) is 5.69. The Morgan fingerprint density at radius 3 is 2.79 bits per heavy atom. The second kappa shape index (κ2) is 8.94. The van der Waals surface area contributed by atoms with Crippen molar-refractivity contribution in [1.82, 2.24) is 15.1 Å². The Bertz CT molecular complexity index is 1340. The minimum Gasteiger partial charge on any atom is -0.492 e. The molecule has 33 heavy (non-hydrogen) atoms. The molecule has 1 aliphatic rings. The van der Waals surface area contributed by atoms with Crippen LogP contribution in [0.5, 0.6) is 5.75 Å². The number of likely N-dealkylation sites (tertiary alicyclic amines) is 1. The molecule has 0 bridgehead atoms. The molecule has 1 aromatic heterocycles. The van der Waals surface area contributed by atoms with Crippen LogP contribution in [0.25, 0.3) is 32.9 Å². The molecule has 1 aliphatic heterocycles. The zero-order valence-corrected chi connectivity index (χ0v) is 18.6. The zero-order chi connectivity index (χ0) is 22.8. The zero-order valence-electron chi connectivity index (χ0n) is 18.6. The maximum absolute atomic E-state index is 11.7. The van der Waals surface area contributed by atoms with E-state index in [0.717, 1.165) is 57.2 Å². The molecular weight excluding hydrogens is 416 g/mol. The molecule has 5 rings (SSSR count). The number of H-pyrrole nitrogens is 1. The smallest absolute Gasteiger partial charge is 0.222 e. The lowest BCUT2D eigenvalue weighted by Gasteiger charge is -2.16. The predicted octanol–water partition coefficient (Wildman–Crippen LogP) is 4.75. The number of fused-ring (bicyclic) bond motifs is 2. The van der Waals surface area contributed by atoms with Crippen LogP contribution in [0.2, 0.25) is 0 Å². The van der Waals surface area contributed by atoms with Gasteiger partial charge in [-0.15, -0.1) is 0 Å². The Hall–Kier alpha value is -3.87. The van der Waals surface area contributed by atoms with E-state index >= 15 is 0 Å². The van der Waals surface area contributed by atoms with Crippen molar-refractivity contribution in [3.63, 3.8) is 0 Å². The maximum atomic E-state index is 11.7. The van der Waals surface area contributed by atoms with Crippen LogP contribution in [0, 0.1) is 5.41 Å². The fourth-order valence-corrected chi connectivity index (χ4v) is 4.28. The standard InChI is InChI=1S/C26H26N4O3/c1-2-32-26(27)20-8-10-23-22(16-20)25(29-28-23)19-6-5-18-15-21(9-7-17(18)14-19)33-13-12-30-11-3-4-24(30)31/h5-10,14-16,27H,2-4,11-13H2,1H3,(H,28,29). The lowest BCUT2D eigenvalue weighted by atomic mass is 10.0. The van der Waals surface area contributed by atoms with E-state index < -0.39 is 0 Å². The first-order chi connectivity index (χ1) is 16.1. The molecule has 0 aliphatic carbocycles. The SMILES string of the molecule is CCOC(=N)c1ccc2[nH]nc(-c3ccc4cc(OCCN5CCCC5=O)ccc4c3)c2c1. The molecule has 0 unspecified atom stereocenters. The molecule has 3 aromatic carbocycles. The molecule has 0 radical (unpaired) electrons. The lowest BCUT2D eigenvalue weighted by molar-refractivity contribution is -0.128. The van der Waals surface area contributed by atoms with Crippen LogP contribution in [0.1, 0.15) is 25.3 Å². The van der Waals surface area contributed by atoms with Crippen molar-refractivity contribution in [2.75, 3.05) is 26.3 Å². The number of nitrogens with one attached hydrogen (secondary N) is 2. The summed E-state index contributed by atoms with van der Waals surface area (Å²) in [6, 6.07) is 18.0. The highest BCUT2D eigenvalue weighted by molar-refractivity contribution is 6.01. The van der Waals surface area contributed by atoms with Crippen LogP contribution < -0.4 is 4.74 Å². The quantitative estimate of drug-likeness (QED) is 0.319. The van der Waals surface area contributed by atoms with Gasteiger partial charge in [0.2, 0.25) is 11.8 Å². The van der Waals surface area contributed by atoms with Crippen molar-refractivity contribution >= 4 is 33.5 Å². The van der Waals surface area contributed by atoms with Crippen LogP contribution in [0.3, 0.4) is 0 Å². The molecule has 7 nitrogen and oxygen atoms in total. The minimum atomic E-state index is 0.159. The van der Waals surface area contributed by atoms with Gasteiger partial charge in [0.15, 0.2) is 0 Å². The number of amides is 1. The molecular formula is C26H26N4O3. The van der Waals surface area contributed by atoms with Gasteiger partial charge in [-0.2, -0.15) is 5.10 Å². The van der Waals surface area contributed by atoms with Crippen molar-refractivity contribution in [3.8, 4) is 17.0 Å². The first-order valence-electron chi connectivity index (χ1n) is 11.3. The van der Waals surface area contributed by atoms with Crippen molar-refractivity contribution in [3.05, 3.63) is 60.2 Å². The molecule has 2 N–H and O–H groups in total. The second-order valence-corrected chi connectivity index (χ2v) is 8.15. The van der Waals surface area contributed by atoms with Gasteiger partial charge < -0.3 is 14.4 Å². The Balaban J connectivity index is 1.36. The molecule has 1 saturated heterocycles. The molecule has 1 fully saturated rings. The normalized spacial score (nSPS) is 13.7. The Morgan fingerprint density at radius 2 is 1.97 bits per heavy atom. The summed E-state index contributed by atoms with van der Waals surface area (Å²) < 4.78 is 11.2. The Morgan fingerprint density at radius 1 is 1.12 bits per heavy atom. The Labute approximate surface area is 191 Å². The van der Waals surface area contributed by atoms with Gasteiger partial charge in [-0.3, -0.25) is 15.3 Å². The predicted molar refractivity (Wildman–Crippen MR) is 129 cm³/mol. The van der Waals surface area contributed by atoms with E-state index in [-0.39, 0.29) is 11.8 Å². The van der Waals surface area contributed by atoms with E-state index in [1.807, 2.05) is 54.3 Å². The highest BCUT2D eigenvalue weighted by Gasteiger charge is 2.19. The second-order valence-electron chi connectivity index (χ2n) is 8.15. The molecule has 7 heteroatoms. The van der Waals surface area contributed by atoms with E-state index in [2.05, 4.69) is 22.3 Å². The highest BCUT2D eigenvalue weighted by Crippen LogP contribution is 2.31. The molecule has 4 aromatic rings. The van der Waals surface area contributed by atoms with Crippen LogP contribution in [-0.2, 0) is 9.53 Å². The summed E-state index contributed by atoms with van der Waals surface area (Å²) in [7, 11) is 0. The molecule has 168 valence electrons. The third-order valence-corrected chi connectivity index (χ3v) is 6.00. The van der Waals surface area contributed by atoms with Gasteiger partial charge >= 0.3 is 0 Å². The number of benzene rings is 3. The van der Waals surface area contributed by atoms with Crippen molar-refractivity contribution in [2.45, 2.75) is 19.8 Å². The van der Waals surface area contributed by atoms with E-state index in [1.165, 1.54) is 0 Å². The average molecular weight is 443 g/mol. The molecule has 0 spiro atoms. The minimum absolute atomic E-state index is 0.159. The third-order valence-electron chi connectivity index (χ3n) is 6.00. The van der Waals surface area contributed by atoms with E-state index in [1.54, 1.807) is 0 Å². The van der Waals surface area contributed by atoms with E-state index in [4.69, 9.17) is 14.9 Å². The van der Waals surface area contributed by atoms with Gasteiger partial charge in [0.25, 0.3) is 0 Å². The number of carbonyl (C=O) groups is 1. The summed E-state index contributed by atoms with van der Waals surface area (Å²) in [5.74, 6) is 1.18. The van der Waals surface area contributed by atoms with Gasteiger partial charge in [0, 0.05) is 29.5 Å². The number of hydrogen-bond donors (Lipinski definition) is 2. The van der Waals surface area contributed by atoms with Crippen LogP contribution in [-0.4, -0.2) is 53.2 Å². The van der Waals surface area contributed by atoms with Gasteiger partial charge in [-0.25, -0.2) is 0 Å². The van der Waals surface area contributed by atoms with Gasteiger partial charge in [-0.05, 0) is 60.5 Å². The lowest BCUT2D eigenvalue weighted by Crippen LogP contribution is -2.29. The monoisotopic (exact) mass is 442 g/mol.